The number of unbranched alkanes of at least 4 members (excludes halogenated alkanes) is 9. The number of hydrogen-bond donors (Lipinski definition) is 0. The van der Waals surface area contributed by atoms with Crippen molar-refractivity contribution in [3.05, 3.63) is 390 Å². The molecule has 0 aliphatic rings. The third-order valence-corrected chi connectivity index (χ3v) is 22.0. The average Bonchev–Trinajstić information content (AvgIpc) is 0.845. The maximum Gasteiger partial charge on any atom is 0.0190 e. The van der Waals surface area contributed by atoms with Crippen LogP contribution in [-0.4, -0.2) is 24.9 Å². The molecule has 5 radical (unpaired) electrons. The van der Waals surface area contributed by atoms with Gasteiger partial charge in [0.2, 0.25) is 0 Å². The number of nitrogens with zero attached hydrogens (tertiary/aromatic N) is 5. The monoisotopic (exact) mass is 2540 g/mol. The van der Waals surface area contributed by atoms with E-state index in [4.69, 9.17) is 0 Å². The molecule has 10 aromatic carbocycles. The van der Waals surface area contributed by atoms with Crippen LogP contribution in [-0.2, 0) is 126 Å². The van der Waals surface area contributed by atoms with Gasteiger partial charge in [0.1, 0.15) is 0 Å². The Morgan fingerprint density at radius 2 is 0.480 bits per heavy atom. The smallest absolute Gasteiger partial charge is 0.0190 e. The quantitative estimate of drug-likeness (QED) is 0.0345. The average molecular weight is 2530 g/mol. The van der Waals surface area contributed by atoms with Crippen molar-refractivity contribution in [1.82, 2.24) is 24.9 Å². The molecule has 0 amide bonds. The Balaban J connectivity index is 0.000000239. The van der Waals surface area contributed by atoms with E-state index in [1.165, 1.54) is 220 Å². The minimum Gasteiger partial charge on any atom is -0.304 e. The standard InChI is InChI=1S/2C24H26N.C23H24N.2C22H22N.5Ir/c1-3-4-5-6-9-20-10-7-11-21(16-20)22-12-8-13-23(17-22)24-15-14-19(2)18-25-24;1-3-4-5-6-8-20-12-14-21(15-13-20)22-9-7-10-23(17-22)24-16-11-19(2)18-25-24;1-3-4-5-7-19-11-13-20(14-12-19)21-8-6-9-22(16-21)23-15-10-18(2)17-24-23;1-4-17(3)18-9-11-19(12-10-18)20-6-5-7-21(14-20)22-13-8-16(2)15-23-22;1-3-4-6-18-10-12-19(13-11-18)20-7-5-8-21(15-20)22-14-9-17(2)16-23-22;;;;;/h7-8,10-12,14-18H,3-6,9H2,1-2H3;7,9,11-18H,3-6,8H2,1-2H3;6,8,10-17H,3-5,7H2,1-2H3;5-6,8-15,17H,4H2,1-3H3;5,7,9-16H,3-4,6H2,1-2H3;;;;;/q5*-1;;;;;. The van der Waals surface area contributed by atoms with Crippen molar-refractivity contribution >= 4 is 0 Å². The van der Waals surface area contributed by atoms with Crippen molar-refractivity contribution in [3.8, 4) is 112 Å². The molecule has 15 rings (SSSR count). The first-order chi connectivity index (χ1) is 58.7. The number of aryl methyl sites for hydroxylation is 9. The summed E-state index contributed by atoms with van der Waals surface area (Å²) in [5.74, 6) is 0.612. The molecule has 15 aromatic rings. The van der Waals surface area contributed by atoms with Crippen LogP contribution in [0.25, 0.3) is 112 Å². The van der Waals surface area contributed by atoms with Crippen molar-refractivity contribution < 1.29 is 101 Å². The van der Waals surface area contributed by atoms with Gasteiger partial charge in [-0.25, -0.2) is 0 Å². The van der Waals surface area contributed by atoms with Crippen molar-refractivity contribution in [3.63, 3.8) is 0 Å². The molecule has 5 aromatic heterocycles. The Kier molecular flexibility index (Phi) is 48.0. The fourth-order valence-electron chi connectivity index (χ4n) is 14.3. The van der Waals surface area contributed by atoms with Gasteiger partial charge in [0.15, 0.2) is 0 Å². The third kappa shape index (κ3) is 34.1. The van der Waals surface area contributed by atoms with Gasteiger partial charge in [-0.15, -0.1) is 177 Å². The molecule has 10 heteroatoms. The molecular formula is C115H120Ir5N5-5. The minimum absolute atomic E-state index is 0. The van der Waals surface area contributed by atoms with E-state index in [1.54, 1.807) is 0 Å². The largest absolute Gasteiger partial charge is 0.304 e. The Morgan fingerprint density at radius 3 is 0.752 bits per heavy atom. The summed E-state index contributed by atoms with van der Waals surface area (Å²) in [6.45, 7) is 23.8. The summed E-state index contributed by atoms with van der Waals surface area (Å²) in [6, 6.07) is 113. The van der Waals surface area contributed by atoms with Gasteiger partial charge in [-0.1, -0.05) is 281 Å². The van der Waals surface area contributed by atoms with Gasteiger partial charge < -0.3 is 24.9 Å². The van der Waals surface area contributed by atoms with Crippen LogP contribution < -0.4 is 0 Å². The van der Waals surface area contributed by atoms with Crippen LogP contribution in [0.2, 0.25) is 0 Å². The first-order valence-electron chi connectivity index (χ1n) is 43.9. The van der Waals surface area contributed by atoms with E-state index in [1.807, 2.05) is 61.3 Å². The fraction of sp³-hybridized carbons (Fsp3) is 0.261. The predicted molar refractivity (Wildman–Crippen MR) is 510 cm³/mol. The summed E-state index contributed by atoms with van der Waals surface area (Å²) in [5.41, 5.74) is 35.4. The van der Waals surface area contributed by atoms with Crippen molar-refractivity contribution in [2.75, 3.05) is 0 Å². The molecule has 0 aliphatic carbocycles. The molecule has 5 heterocycles. The SMILES string of the molecule is CCC(C)c1ccc(-c2cc[c-]c(-c3ccc(C)cn3)c2)cc1.CCCCCCc1ccc(-c2cc[c-]c(-c3ccc(C)cn3)c2)cc1.CCCCCCc1cccc(-c2cc[c-]c(-c3ccc(C)cn3)c2)c1.CCCCCc1ccc(-c2cc[c-]c(-c3ccc(C)cn3)c2)cc1.CCCCc1ccc(-c2cc[c-]c(-c3ccc(C)cn3)c2)cc1.[Ir].[Ir].[Ir].[Ir].[Ir]. The zero-order valence-electron chi connectivity index (χ0n) is 74.6. The van der Waals surface area contributed by atoms with Gasteiger partial charge in [-0.3, -0.25) is 0 Å². The predicted octanol–water partition coefficient (Wildman–Crippen LogP) is 31.4. The second-order valence-electron chi connectivity index (χ2n) is 32.0. The Labute approximate surface area is 817 Å². The molecule has 125 heavy (non-hydrogen) atoms. The molecule has 1 atom stereocenters. The Morgan fingerprint density at radius 1 is 0.232 bits per heavy atom. The van der Waals surface area contributed by atoms with Crippen LogP contribution in [0, 0.1) is 65.0 Å². The number of benzene rings is 10. The molecule has 5 nitrogen and oxygen atoms in total. The van der Waals surface area contributed by atoms with Crippen LogP contribution in [0.15, 0.2) is 304 Å². The van der Waals surface area contributed by atoms with Crippen LogP contribution in [0.5, 0.6) is 0 Å². The van der Waals surface area contributed by atoms with E-state index in [9.17, 15) is 0 Å². The Bertz CT molecular complexity index is 5520. The van der Waals surface area contributed by atoms with Gasteiger partial charge in [0.05, 0.1) is 0 Å². The number of hydrogen-bond acceptors (Lipinski definition) is 5. The zero-order chi connectivity index (χ0) is 84.1. The van der Waals surface area contributed by atoms with E-state index in [2.05, 4.69) is 374 Å². The van der Waals surface area contributed by atoms with E-state index in [0.717, 1.165) is 62.7 Å². The fourth-order valence-corrected chi connectivity index (χ4v) is 14.3. The van der Waals surface area contributed by atoms with Gasteiger partial charge in [-0.05, 0) is 210 Å². The minimum atomic E-state index is 0. The summed E-state index contributed by atoms with van der Waals surface area (Å²) in [6.07, 6.45) is 32.2. The second-order valence-corrected chi connectivity index (χ2v) is 32.0. The van der Waals surface area contributed by atoms with E-state index < -0.39 is 0 Å². The summed E-state index contributed by atoms with van der Waals surface area (Å²) < 4.78 is 0. The molecule has 0 saturated heterocycles. The molecule has 0 spiro atoms. The second kappa shape index (κ2) is 57.1. The van der Waals surface area contributed by atoms with Crippen LogP contribution in [0.3, 0.4) is 0 Å². The topological polar surface area (TPSA) is 64.5 Å². The van der Waals surface area contributed by atoms with Crippen molar-refractivity contribution in [2.24, 2.45) is 0 Å². The molecule has 0 bridgehead atoms. The van der Waals surface area contributed by atoms with Gasteiger partial charge >= 0.3 is 0 Å². The first kappa shape index (κ1) is 105. The summed E-state index contributed by atoms with van der Waals surface area (Å²) in [4.78, 5) is 22.6. The maximum atomic E-state index is 4.53. The number of pyridine rings is 5. The van der Waals surface area contributed by atoms with Crippen molar-refractivity contribution in [1.29, 1.82) is 0 Å². The van der Waals surface area contributed by atoms with Gasteiger partial charge in [0.25, 0.3) is 0 Å². The zero-order valence-corrected chi connectivity index (χ0v) is 86.6. The van der Waals surface area contributed by atoms with Gasteiger partial charge in [-0.2, -0.15) is 0 Å². The van der Waals surface area contributed by atoms with Crippen LogP contribution in [0.4, 0.5) is 0 Å². The van der Waals surface area contributed by atoms with E-state index in [0.29, 0.717) is 5.92 Å². The number of aromatic nitrogens is 5. The maximum absolute atomic E-state index is 4.53. The summed E-state index contributed by atoms with van der Waals surface area (Å²) >= 11 is 0. The third-order valence-electron chi connectivity index (χ3n) is 22.0. The first-order valence-corrected chi connectivity index (χ1v) is 43.9. The molecule has 0 N–H and O–H groups in total. The van der Waals surface area contributed by atoms with E-state index >= 15 is 0 Å². The summed E-state index contributed by atoms with van der Waals surface area (Å²) in [7, 11) is 0. The number of rotatable bonds is 29. The molecule has 0 aliphatic heterocycles. The summed E-state index contributed by atoms with van der Waals surface area (Å²) in [5, 5.41) is 0. The van der Waals surface area contributed by atoms with E-state index in [-0.39, 0.29) is 101 Å². The molecule has 0 fully saturated rings. The molecule has 655 valence electrons. The molecule has 1 unspecified atom stereocenters. The van der Waals surface area contributed by atoms with Gasteiger partial charge in [0, 0.05) is 132 Å². The van der Waals surface area contributed by atoms with Crippen LogP contribution in [0.1, 0.15) is 193 Å². The molecular weight excluding hydrogens is 2410 g/mol. The van der Waals surface area contributed by atoms with Crippen molar-refractivity contribution in [2.45, 2.75) is 198 Å². The normalized spacial score (nSPS) is 10.6. The Hall–Kier alpha value is -8.80. The van der Waals surface area contributed by atoms with Crippen LogP contribution >= 0.6 is 0 Å². The molecule has 0 saturated carbocycles.